The zero-order valence-corrected chi connectivity index (χ0v) is 14.8. The highest BCUT2D eigenvalue weighted by Crippen LogP contribution is 2.49. The van der Waals surface area contributed by atoms with Gasteiger partial charge in [0, 0.05) is 23.4 Å². The lowest BCUT2D eigenvalue weighted by atomic mass is 9.86. The molecule has 2 aliphatic carbocycles. The van der Waals surface area contributed by atoms with Crippen molar-refractivity contribution in [2.45, 2.75) is 52.6 Å². The number of carbonyl (C=O) groups excluding carboxylic acids is 1. The summed E-state index contributed by atoms with van der Waals surface area (Å²) < 4.78 is 10.9. The van der Waals surface area contributed by atoms with Crippen LogP contribution in [0.5, 0.6) is 0 Å². The maximum absolute atomic E-state index is 12.3. The molecular weight excluding hydrogens is 316 g/mol. The summed E-state index contributed by atoms with van der Waals surface area (Å²) in [4.78, 5) is 24.1. The van der Waals surface area contributed by atoms with Gasteiger partial charge in [-0.05, 0) is 62.0 Å². The van der Waals surface area contributed by atoms with E-state index < -0.39 is 5.63 Å². The fraction of sp³-hybridized carbons (Fsp3) is 0.524. The summed E-state index contributed by atoms with van der Waals surface area (Å²) in [7, 11) is 0. The number of esters is 1. The van der Waals surface area contributed by atoms with E-state index in [1.165, 1.54) is 31.7 Å². The van der Waals surface area contributed by atoms with Gasteiger partial charge in [0.2, 0.25) is 0 Å². The molecule has 0 amide bonds. The van der Waals surface area contributed by atoms with E-state index in [9.17, 15) is 9.59 Å². The summed E-state index contributed by atoms with van der Waals surface area (Å²) in [6.45, 7) is 4.05. The van der Waals surface area contributed by atoms with Gasteiger partial charge in [-0.15, -0.1) is 0 Å². The van der Waals surface area contributed by atoms with Gasteiger partial charge in [-0.1, -0.05) is 18.6 Å². The third-order valence-electron chi connectivity index (χ3n) is 6.22. The Hall–Kier alpha value is -2.10. The molecule has 0 radical (unpaired) electrons. The molecule has 132 valence electrons. The molecule has 4 nitrogen and oxygen atoms in total. The molecule has 3 atom stereocenters. The molecule has 2 aromatic rings. The van der Waals surface area contributed by atoms with Crippen molar-refractivity contribution in [2.75, 3.05) is 0 Å². The van der Waals surface area contributed by atoms with E-state index in [2.05, 4.69) is 0 Å². The lowest BCUT2D eigenvalue weighted by Gasteiger charge is -2.20. The van der Waals surface area contributed by atoms with Gasteiger partial charge in [-0.3, -0.25) is 4.79 Å². The summed E-state index contributed by atoms with van der Waals surface area (Å²) in [5.74, 6) is 1.89. The fourth-order valence-electron chi connectivity index (χ4n) is 4.70. The number of aryl methyl sites for hydroxylation is 2. The van der Waals surface area contributed by atoms with E-state index in [1.54, 1.807) is 0 Å². The Kier molecular flexibility index (Phi) is 4.14. The van der Waals surface area contributed by atoms with Crippen LogP contribution in [0.1, 0.15) is 48.8 Å². The molecule has 4 rings (SSSR count). The van der Waals surface area contributed by atoms with E-state index in [1.807, 2.05) is 26.0 Å². The summed E-state index contributed by atoms with van der Waals surface area (Å²) in [5.41, 5.74) is 2.92. The van der Waals surface area contributed by atoms with Gasteiger partial charge in [0.25, 0.3) is 0 Å². The summed E-state index contributed by atoms with van der Waals surface area (Å²) >= 11 is 0. The van der Waals surface area contributed by atoms with Gasteiger partial charge >= 0.3 is 11.6 Å². The molecule has 1 aromatic carbocycles. The maximum Gasteiger partial charge on any atom is 0.336 e. The normalized spacial score (nSPS) is 24.8. The van der Waals surface area contributed by atoms with Gasteiger partial charge in [0.05, 0.1) is 0 Å². The molecule has 0 N–H and O–H groups in total. The Bertz CT molecular complexity index is 879. The van der Waals surface area contributed by atoms with E-state index in [0.29, 0.717) is 23.8 Å². The van der Waals surface area contributed by atoms with Crippen LogP contribution in [0.15, 0.2) is 27.4 Å². The molecule has 0 unspecified atom stereocenters. The Balaban J connectivity index is 1.48. The lowest BCUT2D eigenvalue weighted by Crippen LogP contribution is -2.17. The number of benzene rings is 1. The maximum atomic E-state index is 12.3. The first-order chi connectivity index (χ1) is 12.0. The minimum atomic E-state index is -0.402. The number of fused-ring (bicyclic) bond motifs is 3. The van der Waals surface area contributed by atoms with Crippen LogP contribution in [0, 0.1) is 31.6 Å². The van der Waals surface area contributed by atoms with Crippen LogP contribution in [0.25, 0.3) is 11.0 Å². The van der Waals surface area contributed by atoms with Crippen LogP contribution in [0.2, 0.25) is 0 Å². The van der Waals surface area contributed by atoms with E-state index in [0.717, 1.165) is 28.0 Å². The van der Waals surface area contributed by atoms with Gasteiger partial charge in [0.1, 0.15) is 12.2 Å². The van der Waals surface area contributed by atoms with Crippen LogP contribution in [0.4, 0.5) is 0 Å². The zero-order chi connectivity index (χ0) is 17.6. The van der Waals surface area contributed by atoms with Crippen LogP contribution >= 0.6 is 0 Å². The quantitative estimate of drug-likeness (QED) is 0.616. The first-order valence-electron chi connectivity index (χ1n) is 9.20. The van der Waals surface area contributed by atoms with Gasteiger partial charge in [-0.2, -0.15) is 0 Å². The summed E-state index contributed by atoms with van der Waals surface area (Å²) in [5, 5.41) is 0.843. The number of hydrogen-bond acceptors (Lipinski definition) is 4. The Morgan fingerprint density at radius 1 is 1.24 bits per heavy atom. The van der Waals surface area contributed by atoms with E-state index in [4.69, 9.17) is 9.15 Å². The van der Waals surface area contributed by atoms with Crippen molar-refractivity contribution in [3.05, 3.63) is 45.3 Å². The smallest absolute Gasteiger partial charge is 0.336 e. The highest BCUT2D eigenvalue weighted by atomic mass is 16.5. The largest absolute Gasteiger partial charge is 0.461 e. The standard InChI is InChI=1S/C21H24O4/c1-12-3-6-18-17(10-20(23)25-21(18)13(12)2)11-24-19(22)9-16-8-14-4-5-15(16)7-14/h3,6,10,14-16H,4-5,7-9,11H2,1-2H3/t14-,15-,16+/m1/s1. The van der Waals surface area contributed by atoms with Gasteiger partial charge < -0.3 is 9.15 Å². The number of hydrogen-bond donors (Lipinski definition) is 0. The molecule has 0 aliphatic heterocycles. The molecular formula is C21H24O4. The Morgan fingerprint density at radius 3 is 2.80 bits per heavy atom. The number of rotatable bonds is 4. The number of carbonyl (C=O) groups is 1. The topological polar surface area (TPSA) is 56.5 Å². The van der Waals surface area contributed by atoms with Crippen molar-refractivity contribution in [2.24, 2.45) is 17.8 Å². The predicted molar refractivity (Wildman–Crippen MR) is 95.3 cm³/mol. The molecule has 1 aromatic heterocycles. The lowest BCUT2D eigenvalue weighted by molar-refractivity contribution is -0.146. The third-order valence-corrected chi connectivity index (χ3v) is 6.22. The number of ether oxygens (including phenoxy) is 1. The molecule has 2 saturated carbocycles. The molecule has 1 heterocycles. The van der Waals surface area contributed by atoms with Crippen molar-refractivity contribution < 1.29 is 13.9 Å². The Labute approximate surface area is 147 Å². The Morgan fingerprint density at radius 2 is 2.08 bits per heavy atom. The van der Waals surface area contributed by atoms with Crippen molar-refractivity contribution in [1.29, 1.82) is 0 Å². The van der Waals surface area contributed by atoms with Gasteiger partial charge in [-0.25, -0.2) is 4.79 Å². The monoisotopic (exact) mass is 340 g/mol. The molecule has 25 heavy (non-hydrogen) atoms. The summed E-state index contributed by atoms with van der Waals surface area (Å²) in [6.07, 6.45) is 5.59. The molecule has 2 bridgehead atoms. The highest BCUT2D eigenvalue weighted by Gasteiger charge is 2.40. The molecule has 2 fully saturated rings. The van der Waals surface area contributed by atoms with Crippen molar-refractivity contribution in [1.82, 2.24) is 0 Å². The second kappa shape index (κ2) is 6.32. The van der Waals surface area contributed by atoms with Crippen molar-refractivity contribution in [3.63, 3.8) is 0 Å². The highest BCUT2D eigenvalue weighted by molar-refractivity contribution is 5.84. The molecule has 0 saturated heterocycles. The van der Waals surface area contributed by atoms with Crippen LogP contribution in [-0.4, -0.2) is 5.97 Å². The second-order valence-corrected chi connectivity index (χ2v) is 7.77. The SMILES string of the molecule is Cc1ccc2c(COC(=O)C[C@@H]3C[C@@H]4CC[C@@H]3C4)cc(=O)oc2c1C. The van der Waals surface area contributed by atoms with Crippen LogP contribution in [0.3, 0.4) is 0 Å². The van der Waals surface area contributed by atoms with E-state index >= 15 is 0 Å². The minimum absolute atomic E-state index is 0.129. The predicted octanol–water partition coefficient (Wildman–Crippen LogP) is 4.28. The first-order valence-corrected chi connectivity index (χ1v) is 9.20. The van der Waals surface area contributed by atoms with Crippen molar-refractivity contribution in [3.8, 4) is 0 Å². The van der Waals surface area contributed by atoms with Crippen molar-refractivity contribution >= 4 is 16.9 Å². The third kappa shape index (κ3) is 3.10. The molecule has 4 heteroatoms. The van der Waals surface area contributed by atoms with E-state index in [-0.39, 0.29) is 12.6 Å². The van der Waals surface area contributed by atoms with Crippen LogP contribution in [-0.2, 0) is 16.1 Å². The minimum Gasteiger partial charge on any atom is -0.461 e. The average molecular weight is 340 g/mol. The summed E-state index contributed by atoms with van der Waals surface area (Å²) in [6, 6.07) is 5.36. The first kappa shape index (κ1) is 16.4. The average Bonchev–Trinajstić information content (AvgIpc) is 3.19. The van der Waals surface area contributed by atoms with Crippen LogP contribution < -0.4 is 5.63 Å². The zero-order valence-electron chi connectivity index (χ0n) is 14.8. The molecule has 0 spiro atoms. The van der Waals surface area contributed by atoms with Gasteiger partial charge in [0.15, 0.2) is 0 Å². The molecule has 2 aliphatic rings. The second-order valence-electron chi connectivity index (χ2n) is 7.77. The fourth-order valence-corrected chi connectivity index (χ4v) is 4.70.